The quantitative estimate of drug-likeness (QED) is 0.648. The van der Waals surface area contributed by atoms with Crippen LogP contribution in [-0.4, -0.2) is 11.2 Å². The van der Waals surface area contributed by atoms with Crippen LogP contribution in [0.5, 0.6) is 0 Å². The van der Waals surface area contributed by atoms with E-state index in [1.54, 1.807) is 0 Å². The zero-order valence-corrected chi connectivity index (χ0v) is 8.55. The number of aliphatic hydroxyl groups is 1. The first-order valence-corrected chi connectivity index (χ1v) is 5.48. The van der Waals surface area contributed by atoms with E-state index < -0.39 is 0 Å². The van der Waals surface area contributed by atoms with Gasteiger partial charge in [0.05, 0.1) is 6.10 Å². The molecule has 1 unspecified atom stereocenters. The molecule has 74 valence electrons. The van der Waals surface area contributed by atoms with Crippen LogP contribution in [0.3, 0.4) is 0 Å². The van der Waals surface area contributed by atoms with E-state index in [2.05, 4.69) is 11.8 Å². The van der Waals surface area contributed by atoms with Crippen LogP contribution < -0.4 is 0 Å². The first-order chi connectivity index (χ1) is 6.34. The lowest BCUT2D eigenvalue weighted by atomic mass is 9.84. The molecule has 1 atom stereocenters. The van der Waals surface area contributed by atoms with Crippen LogP contribution in [0.4, 0.5) is 0 Å². The second-order valence-corrected chi connectivity index (χ2v) is 3.88. The van der Waals surface area contributed by atoms with E-state index in [0.717, 1.165) is 6.42 Å². The molecule has 1 rings (SSSR count). The summed E-state index contributed by atoms with van der Waals surface area (Å²) in [5.74, 6) is 6.57. The van der Waals surface area contributed by atoms with Crippen LogP contribution in [0.1, 0.15) is 51.9 Å². The van der Waals surface area contributed by atoms with E-state index in [9.17, 15) is 5.11 Å². The van der Waals surface area contributed by atoms with Crippen molar-refractivity contribution in [1.82, 2.24) is 0 Å². The number of aliphatic hydroxyl groups excluding tert-OH is 1. The van der Waals surface area contributed by atoms with E-state index in [-0.39, 0.29) is 6.10 Å². The molecule has 0 amide bonds. The van der Waals surface area contributed by atoms with E-state index in [1.807, 2.05) is 6.92 Å². The van der Waals surface area contributed by atoms with Gasteiger partial charge in [0.15, 0.2) is 0 Å². The number of rotatable bonds is 2. The van der Waals surface area contributed by atoms with Gasteiger partial charge in [-0.3, -0.25) is 0 Å². The average Bonchev–Trinajstić information content (AvgIpc) is 2.19. The Bertz CT molecular complexity index is 181. The minimum atomic E-state index is -0.167. The first-order valence-electron chi connectivity index (χ1n) is 5.48. The van der Waals surface area contributed by atoms with Gasteiger partial charge in [-0.1, -0.05) is 26.2 Å². The van der Waals surface area contributed by atoms with Crippen molar-refractivity contribution in [2.75, 3.05) is 0 Å². The Morgan fingerprint density at radius 1 is 1.23 bits per heavy atom. The summed E-state index contributed by atoms with van der Waals surface area (Å²) in [6.45, 7) is 2.04. The van der Waals surface area contributed by atoms with Crippen molar-refractivity contribution in [2.45, 2.75) is 58.0 Å². The maximum absolute atomic E-state index is 9.80. The fraction of sp³-hybridized carbons (Fsp3) is 0.833. The zero-order chi connectivity index (χ0) is 9.52. The van der Waals surface area contributed by atoms with Gasteiger partial charge >= 0.3 is 0 Å². The summed E-state index contributed by atoms with van der Waals surface area (Å²) in [5.41, 5.74) is 0. The molecule has 0 aromatic rings. The van der Waals surface area contributed by atoms with Crippen molar-refractivity contribution in [1.29, 1.82) is 0 Å². The van der Waals surface area contributed by atoms with Gasteiger partial charge in [0.1, 0.15) is 0 Å². The molecule has 0 aliphatic heterocycles. The lowest BCUT2D eigenvalue weighted by Gasteiger charge is -2.25. The Kier molecular flexibility index (Phi) is 4.93. The number of hydrogen-bond acceptors (Lipinski definition) is 1. The Hall–Kier alpha value is -0.480. The van der Waals surface area contributed by atoms with Crippen molar-refractivity contribution in [3.05, 3.63) is 0 Å². The molecule has 0 saturated heterocycles. The summed E-state index contributed by atoms with van der Waals surface area (Å²) in [4.78, 5) is 0. The SMILES string of the molecule is CCC#CCC(O)C1CCCCC1. The highest BCUT2D eigenvalue weighted by atomic mass is 16.3. The normalized spacial score (nSPS) is 20.5. The first kappa shape index (κ1) is 10.6. The van der Waals surface area contributed by atoms with Crippen LogP contribution in [-0.2, 0) is 0 Å². The van der Waals surface area contributed by atoms with Crippen LogP contribution in [0.25, 0.3) is 0 Å². The monoisotopic (exact) mass is 180 g/mol. The molecule has 0 heterocycles. The van der Waals surface area contributed by atoms with Gasteiger partial charge in [0, 0.05) is 12.8 Å². The zero-order valence-electron chi connectivity index (χ0n) is 8.55. The standard InChI is InChI=1S/C12H20O/c1-2-3-5-10-12(13)11-8-6-4-7-9-11/h11-13H,2,4,6-10H2,1H3. The van der Waals surface area contributed by atoms with Gasteiger partial charge in [-0.05, 0) is 18.8 Å². The van der Waals surface area contributed by atoms with Crippen molar-refractivity contribution in [3.63, 3.8) is 0 Å². The Labute approximate surface area is 81.5 Å². The van der Waals surface area contributed by atoms with Gasteiger partial charge in [-0.15, -0.1) is 11.8 Å². The summed E-state index contributed by atoms with van der Waals surface area (Å²) >= 11 is 0. The molecular formula is C12H20O. The van der Waals surface area contributed by atoms with Gasteiger partial charge in [0.25, 0.3) is 0 Å². The molecule has 13 heavy (non-hydrogen) atoms. The number of hydrogen-bond donors (Lipinski definition) is 1. The average molecular weight is 180 g/mol. The van der Waals surface area contributed by atoms with Crippen molar-refractivity contribution in [3.8, 4) is 11.8 Å². The fourth-order valence-corrected chi connectivity index (χ4v) is 1.99. The highest BCUT2D eigenvalue weighted by Gasteiger charge is 2.20. The predicted octanol–water partition coefficient (Wildman–Crippen LogP) is 2.73. The molecule has 1 N–H and O–H groups in total. The molecule has 1 aliphatic carbocycles. The lowest BCUT2D eigenvalue weighted by molar-refractivity contribution is 0.0892. The topological polar surface area (TPSA) is 20.2 Å². The van der Waals surface area contributed by atoms with Crippen LogP contribution in [0.15, 0.2) is 0 Å². The summed E-state index contributed by atoms with van der Waals surface area (Å²) in [6, 6.07) is 0. The van der Waals surface area contributed by atoms with Crippen molar-refractivity contribution >= 4 is 0 Å². The minimum absolute atomic E-state index is 0.167. The van der Waals surface area contributed by atoms with Crippen LogP contribution in [0.2, 0.25) is 0 Å². The highest BCUT2D eigenvalue weighted by molar-refractivity contribution is 5.00. The van der Waals surface area contributed by atoms with Gasteiger partial charge in [-0.2, -0.15) is 0 Å². The third kappa shape index (κ3) is 3.83. The Morgan fingerprint density at radius 3 is 2.54 bits per heavy atom. The van der Waals surface area contributed by atoms with E-state index in [4.69, 9.17) is 0 Å². The predicted molar refractivity (Wildman–Crippen MR) is 55.3 cm³/mol. The lowest BCUT2D eigenvalue weighted by Crippen LogP contribution is -2.22. The third-order valence-corrected chi connectivity index (χ3v) is 2.81. The van der Waals surface area contributed by atoms with E-state index in [1.165, 1.54) is 32.1 Å². The molecule has 0 radical (unpaired) electrons. The smallest absolute Gasteiger partial charge is 0.0677 e. The third-order valence-electron chi connectivity index (χ3n) is 2.81. The molecule has 1 fully saturated rings. The molecule has 0 bridgehead atoms. The van der Waals surface area contributed by atoms with Gasteiger partial charge in [-0.25, -0.2) is 0 Å². The van der Waals surface area contributed by atoms with E-state index in [0.29, 0.717) is 12.3 Å². The van der Waals surface area contributed by atoms with Crippen molar-refractivity contribution in [2.24, 2.45) is 5.92 Å². The van der Waals surface area contributed by atoms with Crippen LogP contribution in [0, 0.1) is 17.8 Å². The largest absolute Gasteiger partial charge is 0.392 e. The molecule has 0 aromatic heterocycles. The molecule has 1 nitrogen and oxygen atoms in total. The molecule has 1 saturated carbocycles. The van der Waals surface area contributed by atoms with Crippen molar-refractivity contribution < 1.29 is 5.11 Å². The fourth-order valence-electron chi connectivity index (χ4n) is 1.99. The highest BCUT2D eigenvalue weighted by Crippen LogP contribution is 2.27. The molecule has 1 aliphatic rings. The van der Waals surface area contributed by atoms with Crippen LogP contribution >= 0.6 is 0 Å². The maximum atomic E-state index is 9.80. The minimum Gasteiger partial charge on any atom is -0.392 e. The van der Waals surface area contributed by atoms with Gasteiger partial charge < -0.3 is 5.11 Å². The second-order valence-electron chi connectivity index (χ2n) is 3.88. The molecule has 0 spiro atoms. The second kappa shape index (κ2) is 6.05. The summed E-state index contributed by atoms with van der Waals surface area (Å²) in [7, 11) is 0. The summed E-state index contributed by atoms with van der Waals surface area (Å²) in [6.07, 6.45) is 7.76. The molecule has 1 heteroatoms. The molecule has 0 aromatic carbocycles. The van der Waals surface area contributed by atoms with Gasteiger partial charge in [0.2, 0.25) is 0 Å². The van der Waals surface area contributed by atoms with E-state index >= 15 is 0 Å². The molecular weight excluding hydrogens is 160 g/mol. The summed E-state index contributed by atoms with van der Waals surface area (Å²) in [5, 5.41) is 9.80. The summed E-state index contributed by atoms with van der Waals surface area (Å²) < 4.78 is 0. The Morgan fingerprint density at radius 2 is 1.92 bits per heavy atom. The maximum Gasteiger partial charge on any atom is 0.0677 e. The Balaban J connectivity index is 2.24.